The molecule has 1 N–H and O–H groups in total. The minimum Gasteiger partial charge on any atom is -0.491 e. The molecule has 4 heterocycles. The fourth-order valence-corrected chi connectivity index (χ4v) is 3.53. The fraction of sp³-hybridized carbons (Fsp3) is 0.440. The Morgan fingerprint density at radius 2 is 1.75 bits per heavy atom. The molecule has 1 fully saturated rings. The lowest BCUT2D eigenvalue weighted by molar-refractivity contribution is -0.137. The van der Waals surface area contributed by atoms with Gasteiger partial charge in [-0.15, -0.1) is 0 Å². The van der Waals surface area contributed by atoms with Crippen LogP contribution in [0.1, 0.15) is 25.1 Å². The molecule has 8 nitrogen and oxygen atoms in total. The smallest absolute Gasteiger partial charge is 0.417 e. The molecule has 1 saturated heterocycles. The van der Waals surface area contributed by atoms with Gasteiger partial charge in [-0.3, -0.25) is 9.97 Å². The molecule has 0 aliphatic carbocycles. The Morgan fingerprint density at radius 1 is 1.03 bits per heavy atom. The summed E-state index contributed by atoms with van der Waals surface area (Å²) in [6.07, 6.45) is -0.174. The van der Waals surface area contributed by atoms with E-state index in [4.69, 9.17) is 9.47 Å². The number of alkyl halides is 3. The van der Waals surface area contributed by atoms with Gasteiger partial charge in [0.2, 0.25) is 5.95 Å². The van der Waals surface area contributed by atoms with Gasteiger partial charge in [0, 0.05) is 48.8 Å². The Hall–Kier alpha value is -3.31. The number of aromatic nitrogens is 4. The summed E-state index contributed by atoms with van der Waals surface area (Å²) in [4.78, 5) is 19.4. The minimum atomic E-state index is -4.56. The average molecular weight is 505 g/mol. The standard InChI is InChI=1S/C23H25F3N6O2.C2H6/c1-15-9-19(23(24,25)26)18(14-29-15)21-11-20(30-22(31-21)32-4-7-33-8-5-32)16-10-17(13-28-12-16)34-6-3-27-2;1-2/h9-14,27H,3-8H2,1-2H3;1-2H3. The van der Waals surface area contributed by atoms with Crippen molar-refractivity contribution in [2.24, 2.45) is 0 Å². The van der Waals surface area contributed by atoms with Crippen LogP contribution >= 0.6 is 0 Å². The largest absolute Gasteiger partial charge is 0.491 e. The van der Waals surface area contributed by atoms with Crippen molar-refractivity contribution in [3.8, 4) is 28.3 Å². The summed E-state index contributed by atoms with van der Waals surface area (Å²) in [5.74, 6) is 0.861. The highest BCUT2D eigenvalue weighted by Gasteiger charge is 2.35. The number of halogens is 3. The Morgan fingerprint density at radius 3 is 2.44 bits per heavy atom. The molecule has 4 rings (SSSR count). The van der Waals surface area contributed by atoms with Gasteiger partial charge in [-0.2, -0.15) is 13.2 Å². The van der Waals surface area contributed by atoms with Gasteiger partial charge in [-0.25, -0.2) is 9.97 Å². The normalized spacial score (nSPS) is 13.7. The van der Waals surface area contributed by atoms with Gasteiger partial charge in [0.1, 0.15) is 12.4 Å². The zero-order valence-electron chi connectivity index (χ0n) is 20.9. The fourth-order valence-electron chi connectivity index (χ4n) is 3.53. The van der Waals surface area contributed by atoms with Crippen LogP contribution in [0.25, 0.3) is 22.5 Å². The van der Waals surface area contributed by atoms with Crippen LogP contribution < -0.4 is 15.0 Å². The number of aryl methyl sites for hydroxylation is 1. The number of pyridine rings is 2. The van der Waals surface area contributed by atoms with Gasteiger partial charge in [-0.05, 0) is 32.2 Å². The topological polar surface area (TPSA) is 85.3 Å². The van der Waals surface area contributed by atoms with E-state index >= 15 is 0 Å². The van der Waals surface area contributed by atoms with Crippen LogP contribution in [0.3, 0.4) is 0 Å². The first-order valence-electron chi connectivity index (χ1n) is 11.8. The molecule has 3 aromatic rings. The van der Waals surface area contributed by atoms with Crippen LogP contribution in [0, 0.1) is 6.92 Å². The van der Waals surface area contributed by atoms with Crippen molar-refractivity contribution in [2.45, 2.75) is 26.9 Å². The van der Waals surface area contributed by atoms with Gasteiger partial charge in [0.15, 0.2) is 0 Å². The van der Waals surface area contributed by atoms with E-state index in [-0.39, 0.29) is 17.0 Å². The Kier molecular flexibility index (Phi) is 9.54. The first-order valence-corrected chi connectivity index (χ1v) is 11.8. The highest BCUT2D eigenvalue weighted by Crippen LogP contribution is 2.38. The minimum absolute atomic E-state index is 0.106. The molecule has 0 amide bonds. The molecule has 0 atom stereocenters. The van der Waals surface area contributed by atoms with E-state index in [2.05, 4.69) is 25.3 Å². The van der Waals surface area contributed by atoms with E-state index in [1.807, 2.05) is 25.8 Å². The lowest BCUT2D eigenvalue weighted by Gasteiger charge is -2.27. The number of nitrogens with one attached hydrogen (secondary N) is 1. The molecule has 0 saturated carbocycles. The average Bonchev–Trinajstić information content (AvgIpc) is 2.90. The Labute approximate surface area is 208 Å². The summed E-state index contributed by atoms with van der Waals surface area (Å²) < 4.78 is 52.7. The van der Waals surface area contributed by atoms with Crippen LogP contribution in [-0.4, -0.2) is 66.4 Å². The molecular formula is C25H31F3N6O2. The van der Waals surface area contributed by atoms with Gasteiger partial charge >= 0.3 is 6.18 Å². The maximum absolute atomic E-state index is 13.9. The third kappa shape index (κ3) is 6.88. The molecule has 0 spiro atoms. The number of anilines is 1. The zero-order valence-corrected chi connectivity index (χ0v) is 20.9. The second-order valence-corrected chi connectivity index (χ2v) is 7.77. The van der Waals surface area contributed by atoms with Crippen LogP contribution in [0.5, 0.6) is 5.75 Å². The highest BCUT2D eigenvalue weighted by molar-refractivity contribution is 5.72. The third-order valence-corrected chi connectivity index (χ3v) is 5.26. The van der Waals surface area contributed by atoms with Gasteiger partial charge < -0.3 is 19.7 Å². The summed E-state index contributed by atoms with van der Waals surface area (Å²) >= 11 is 0. The first-order chi connectivity index (χ1) is 17.3. The van der Waals surface area contributed by atoms with Crippen molar-refractivity contribution < 1.29 is 22.6 Å². The molecule has 0 unspecified atom stereocenters. The van der Waals surface area contributed by atoms with Gasteiger partial charge in [0.05, 0.1) is 36.4 Å². The summed E-state index contributed by atoms with van der Waals surface area (Å²) in [5.41, 5.74) is 0.549. The molecule has 11 heteroatoms. The van der Waals surface area contributed by atoms with Crippen LogP contribution in [0.4, 0.5) is 19.1 Å². The zero-order chi connectivity index (χ0) is 26.1. The van der Waals surface area contributed by atoms with E-state index < -0.39 is 11.7 Å². The van der Waals surface area contributed by atoms with Crippen molar-refractivity contribution in [1.29, 1.82) is 0 Å². The second-order valence-electron chi connectivity index (χ2n) is 7.77. The number of hydrogen-bond acceptors (Lipinski definition) is 8. The van der Waals surface area contributed by atoms with Crippen LogP contribution in [0.15, 0.2) is 36.8 Å². The Bertz CT molecular complexity index is 1140. The van der Waals surface area contributed by atoms with E-state index in [9.17, 15) is 13.2 Å². The SMILES string of the molecule is CC.CNCCOc1cncc(-c2cc(-c3cnc(C)cc3C(F)(F)F)nc(N3CCOCC3)n2)c1. The summed E-state index contributed by atoms with van der Waals surface area (Å²) in [7, 11) is 1.82. The van der Waals surface area contributed by atoms with Crippen molar-refractivity contribution in [2.75, 3.05) is 51.4 Å². The molecule has 1 aliphatic rings. The maximum Gasteiger partial charge on any atom is 0.417 e. The van der Waals surface area contributed by atoms with Crippen molar-refractivity contribution in [3.63, 3.8) is 0 Å². The number of hydrogen-bond donors (Lipinski definition) is 1. The predicted molar refractivity (Wildman–Crippen MR) is 132 cm³/mol. The molecule has 36 heavy (non-hydrogen) atoms. The number of nitrogens with zero attached hydrogens (tertiary/aromatic N) is 5. The quantitative estimate of drug-likeness (QED) is 0.475. The lowest BCUT2D eigenvalue weighted by atomic mass is 10.0. The van der Waals surface area contributed by atoms with Gasteiger partial charge in [0.25, 0.3) is 0 Å². The van der Waals surface area contributed by atoms with Crippen molar-refractivity contribution in [1.82, 2.24) is 25.3 Å². The van der Waals surface area contributed by atoms with Gasteiger partial charge in [-0.1, -0.05) is 13.8 Å². The van der Waals surface area contributed by atoms with Crippen LogP contribution in [-0.2, 0) is 10.9 Å². The number of likely N-dealkylation sites (N-methyl/N-ethyl adjacent to an activating group) is 1. The van der Waals surface area contributed by atoms with Crippen molar-refractivity contribution >= 4 is 5.95 Å². The lowest BCUT2D eigenvalue weighted by Crippen LogP contribution is -2.37. The maximum atomic E-state index is 13.9. The van der Waals surface area contributed by atoms with Crippen molar-refractivity contribution in [3.05, 3.63) is 48.0 Å². The number of morpholine rings is 1. The van der Waals surface area contributed by atoms with E-state index in [1.54, 1.807) is 18.5 Å². The van der Waals surface area contributed by atoms with E-state index in [0.29, 0.717) is 62.4 Å². The number of ether oxygens (including phenoxy) is 2. The molecule has 194 valence electrons. The second kappa shape index (κ2) is 12.6. The first kappa shape index (κ1) is 27.3. The predicted octanol–water partition coefficient (Wildman–Crippen LogP) is 4.39. The molecule has 0 radical (unpaired) electrons. The molecule has 3 aromatic heterocycles. The summed E-state index contributed by atoms with van der Waals surface area (Å²) in [6.45, 7) is 8.66. The summed E-state index contributed by atoms with van der Waals surface area (Å²) in [5, 5.41) is 3.00. The van der Waals surface area contributed by atoms with E-state index in [1.165, 1.54) is 19.2 Å². The van der Waals surface area contributed by atoms with Crippen LogP contribution in [0.2, 0.25) is 0 Å². The number of rotatable bonds is 7. The molecule has 0 aromatic carbocycles. The highest BCUT2D eigenvalue weighted by atomic mass is 19.4. The molecule has 1 aliphatic heterocycles. The monoisotopic (exact) mass is 504 g/mol. The third-order valence-electron chi connectivity index (χ3n) is 5.26. The summed E-state index contributed by atoms with van der Waals surface area (Å²) in [6, 6.07) is 4.32. The molecular weight excluding hydrogens is 473 g/mol. The Balaban J connectivity index is 0.00000176. The van der Waals surface area contributed by atoms with E-state index in [0.717, 1.165) is 6.07 Å². The molecule has 0 bridgehead atoms.